The normalized spacial score (nSPS) is 24.9. The van der Waals surface area contributed by atoms with Crippen molar-refractivity contribution in [3.63, 3.8) is 0 Å². The number of allylic oxidation sites excluding steroid dienone is 6. The molecule has 0 fully saturated rings. The van der Waals surface area contributed by atoms with Gasteiger partial charge in [-0.3, -0.25) is 0 Å². The molecule has 1 aromatic rings. The third kappa shape index (κ3) is 3.16. The Kier molecular flexibility index (Phi) is 4.84. The lowest BCUT2D eigenvalue weighted by Crippen LogP contribution is -2.35. The lowest BCUT2D eigenvalue weighted by atomic mass is 9.56. The summed E-state index contributed by atoms with van der Waals surface area (Å²) >= 11 is 0. The molecule has 0 saturated heterocycles. The van der Waals surface area contributed by atoms with Gasteiger partial charge in [0.15, 0.2) is 0 Å². The van der Waals surface area contributed by atoms with Gasteiger partial charge in [-0.1, -0.05) is 75.3 Å². The second-order valence-electron chi connectivity index (χ2n) is 8.93. The van der Waals surface area contributed by atoms with Crippen LogP contribution in [-0.4, -0.2) is 0 Å². The summed E-state index contributed by atoms with van der Waals surface area (Å²) in [5.74, 6) is 0. The highest BCUT2D eigenvalue weighted by molar-refractivity contribution is 5.77. The molecule has 0 saturated carbocycles. The number of fused-ring (bicyclic) bond motifs is 1. The van der Waals surface area contributed by atoms with Crippen LogP contribution in [0.25, 0.3) is 11.1 Å². The zero-order valence-electron chi connectivity index (χ0n) is 17.0. The van der Waals surface area contributed by atoms with E-state index in [0.29, 0.717) is 5.41 Å². The molecule has 0 bridgehead atoms. The van der Waals surface area contributed by atoms with Crippen LogP contribution in [0.1, 0.15) is 84.8 Å². The second kappa shape index (κ2) is 6.63. The first-order valence-corrected chi connectivity index (χ1v) is 9.98. The molecule has 134 valence electrons. The van der Waals surface area contributed by atoms with Gasteiger partial charge in [0, 0.05) is 5.41 Å². The van der Waals surface area contributed by atoms with Gasteiger partial charge in [0.1, 0.15) is 0 Å². The predicted molar refractivity (Wildman–Crippen MR) is 111 cm³/mol. The van der Waals surface area contributed by atoms with Crippen molar-refractivity contribution in [2.24, 2.45) is 10.8 Å². The van der Waals surface area contributed by atoms with Crippen LogP contribution in [0.15, 0.2) is 47.6 Å². The SMILES string of the molecule is CCC(=C(C)C)c1ccc(C2=CC[C@]3(C)CCCC=C3C2(C)C)cc1. The van der Waals surface area contributed by atoms with E-state index in [1.54, 1.807) is 5.57 Å². The Hall–Kier alpha value is -1.56. The molecule has 2 aliphatic carbocycles. The molecule has 0 heterocycles. The van der Waals surface area contributed by atoms with Gasteiger partial charge in [0.2, 0.25) is 0 Å². The summed E-state index contributed by atoms with van der Waals surface area (Å²) in [6.45, 7) is 14.0. The van der Waals surface area contributed by atoms with Crippen LogP contribution in [0.3, 0.4) is 0 Å². The van der Waals surface area contributed by atoms with Crippen LogP contribution in [0.5, 0.6) is 0 Å². The van der Waals surface area contributed by atoms with Gasteiger partial charge in [-0.25, -0.2) is 0 Å². The van der Waals surface area contributed by atoms with Crippen molar-refractivity contribution in [3.8, 4) is 0 Å². The fourth-order valence-corrected chi connectivity index (χ4v) is 5.24. The van der Waals surface area contributed by atoms with Gasteiger partial charge in [0.25, 0.3) is 0 Å². The van der Waals surface area contributed by atoms with Crippen molar-refractivity contribution in [2.75, 3.05) is 0 Å². The van der Waals surface area contributed by atoms with Crippen molar-refractivity contribution in [1.82, 2.24) is 0 Å². The molecule has 1 atom stereocenters. The van der Waals surface area contributed by atoms with Crippen LogP contribution < -0.4 is 0 Å². The first-order chi connectivity index (χ1) is 11.8. The summed E-state index contributed by atoms with van der Waals surface area (Å²) in [6.07, 6.45) is 11.3. The minimum atomic E-state index is 0.138. The Labute approximate surface area is 154 Å². The molecule has 25 heavy (non-hydrogen) atoms. The summed E-state index contributed by atoms with van der Waals surface area (Å²) in [7, 11) is 0. The van der Waals surface area contributed by atoms with E-state index >= 15 is 0 Å². The molecule has 2 aliphatic rings. The topological polar surface area (TPSA) is 0 Å². The maximum absolute atomic E-state index is 2.54. The number of hydrogen-bond donors (Lipinski definition) is 0. The highest BCUT2D eigenvalue weighted by atomic mass is 14.5. The molecule has 0 aliphatic heterocycles. The van der Waals surface area contributed by atoms with Crippen molar-refractivity contribution in [1.29, 1.82) is 0 Å². The van der Waals surface area contributed by atoms with E-state index in [0.717, 1.165) is 6.42 Å². The highest BCUT2D eigenvalue weighted by Gasteiger charge is 2.43. The fourth-order valence-electron chi connectivity index (χ4n) is 5.24. The molecule has 0 nitrogen and oxygen atoms in total. The molecule has 0 aromatic heterocycles. The summed E-state index contributed by atoms with van der Waals surface area (Å²) in [5, 5.41) is 0. The van der Waals surface area contributed by atoms with E-state index in [1.165, 1.54) is 53.5 Å². The Bertz CT molecular complexity index is 733. The number of benzene rings is 1. The maximum atomic E-state index is 2.54. The van der Waals surface area contributed by atoms with Gasteiger partial charge < -0.3 is 0 Å². The number of hydrogen-bond acceptors (Lipinski definition) is 0. The van der Waals surface area contributed by atoms with Crippen LogP contribution >= 0.6 is 0 Å². The highest BCUT2D eigenvalue weighted by Crippen LogP contribution is 2.57. The van der Waals surface area contributed by atoms with Crippen molar-refractivity contribution >= 4 is 11.1 Å². The van der Waals surface area contributed by atoms with Gasteiger partial charge >= 0.3 is 0 Å². The smallest absolute Gasteiger partial charge is 0.0113 e. The largest absolute Gasteiger partial charge is 0.0839 e. The van der Waals surface area contributed by atoms with Crippen LogP contribution in [-0.2, 0) is 0 Å². The summed E-state index contributed by atoms with van der Waals surface area (Å²) < 4.78 is 0. The monoisotopic (exact) mass is 334 g/mol. The molecule has 0 heteroatoms. The van der Waals surface area contributed by atoms with Gasteiger partial charge in [-0.2, -0.15) is 0 Å². The molecule has 0 spiro atoms. The van der Waals surface area contributed by atoms with Crippen molar-refractivity contribution < 1.29 is 0 Å². The fraction of sp³-hybridized carbons (Fsp3) is 0.520. The van der Waals surface area contributed by atoms with Gasteiger partial charge in [-0.05, 0) is 73.6 Å². The maximum Gasteiger partial charge on any atom is 0.0113 e. The minimum Gasteiger partial charge on any atom is -0.0839 e. The number of rotatable bonds is 3. The Morgan fingerprint density at radius 3 is 2.28 bits per heavy atom. The summed E-state index contributed by atoms with van der Waals surface area (Å²) in [5.41, 5.74) is 9.38. The van der Waals surface area contributed by atoms with E-state index in [2.05, 4.69) is 78.0 Å². The lowest BCUT2D eigenvalue weighted by molar-refractivity contribution is 0.278. The molecular weight excluding hydrogens is 300 g/mol. The van der Waals surface area contributed by atoms with Crippen LogP contribution in [0.4, 0.5) is 0 Å². The molecule has 3 rings (SSSR count). The van der Waals surface area contributed by atoms with E-state index in [4.69, 9.17) is 0 Å². The average Bonchev–Trinajstić information content (AvgIpc) is 2.56. The van der Waals surface area contributed by atoms with E-state index in [9.17, 15) is 0 Å². The molecule has 1 aromatic carbocycles. The van der Waals surface area contributed by atoms with Crippen LogP contribution in [0.2, 0.25) is 0 Å². The summed E-state index contributed by atoms with van der Waals surface area (Å²) in [4.78, 5) is 0. The zero-order valence-corrected chi connectivity index (χ0v) is 17.0. The summed E-state index contributed by atoms with van der Waals surface area (Å²) in [6, 6.07) is 9.32. The molecule has 0 amide bonds. The zero-order chi connectivity index (χ0) is 18.2. The first-order valence-electron chi connectivity index (χ1n) is 9.98. The van der Waals surface area contributed by atoms with Gasteiger partial charge in [-0.15, -0.1) is 0 Å². The predicted octanol–water partition coefficient (Wildman–Crippen LogP) is 7.82. The lowest BCUT2D eigenvalue weighted by Gasteiger charge is -2.48. The van der Waals surface area contributed by atoms with E-state index in [-0.39, 0.29) is 5.41 Å². The Morgan fingerprint density at radius 1 is 1.00 bits per heavy atom. The molecule has 0 N–H and O–H groups in total. The van der Waals surface area contributed by atoms with Crippen LogP contribution in [0, 0.1) is 10.8 Å². The van der Waals surface area contributed by atoms with Gasteiger partial charge in [0.05, 0.1) is 0 Å². The quantitative estimate of drug-likeness (QED) is 0.494. The average molecular weight is 335 g/mol. The third-order valence-corrected chi connectivity index (χ3v) is 6.54. The molecule has 0 radical (unpaired) electrons. The third-order valence-electron chi connectivity index (χ3n) is 6.54. The Morgan fingerprint density at radius 2 is 1.68 bits per heavy atom. The van der Waals surface area contributed by atoms with Crippen molar-refractivity contribution in [3.05, 3.63) is 58.7 Å². The Balaban J connectivity index is 1.99. The second-order valence-corrected chi connectivity index (χ2v) is 8.93. The first kappa shape index (κ1) is 18.2. The molecular formula is C25H34. The van der Waals surface area contributed by atoms with E-state index in [1.807, 2.05) is 0 Å². The van der Waals surface area contributed by atoms with E-state index < -0.39 is 0 Å². The minimum absolute atomic E-state index is 0.138. The molecule has 0 unspecified atom stereocenters. The van der Waals surface area contributed by atoms with Crippen molar-refractivity contribution in [2.45, 2.75) is 73.6 Å². The standard InChI is InChI=1S/C25H34/c1-7-21(18(2)3)19-11-13-20(14-12-19)22-15-17-25(6)16-9-8-10-23(25)24(22,4)5/h10-15H,7-9,16-17H2,1-6H3/t25-/m0/s1.